The van der Waals surface area contributed by atoms with Gasteiger partial charge in [-0.2, -0.15) is 0 Å². The molecule has 8 nitrogen and oxygen atoms in total. The van der Waals surface area contributed by atoms with Crippen LogP contribution in [0.1, 0.15) is 27.6 Å². The molecule has 1 aliphatic heterocycles. The third kappa shape index (κ3) is 2.69. The highest BCUT2D eigenvalue weighted by Crippen LogP contribution is 2.24. The smallest absolute Gasteiger partial charge is 0.318 e. The van der Waals surface area contributed by atoms with Crippen LogP contribution in [0.25, 0.3) is 0 Å². The van der Waals surface area contributed by atoms with Crippen LogP contribution >= 0.6 is 0 Å². The lowest BCUT2D eigenvalue weighted by Crippen LogP contribution is -2.43. The number of nitrogens with two attached hydrogens (primary N) is 1. The first kappa shape index (κ1) is 14.5. The number of hydrogen-bond acceptors (Lipinski definition) is 5. The van der Waals surface area contributed by atoms with Crippen LogP contribution in [0.2, 0.25) is 0 Å². The normalized spacial score (nSPS) is 14.7. The van der Waals surface area contributed by atoms with Gasteiger partial charge >= 0.3 is 6.03 Å². The van der Waals surface area contributed by atoms with Crippen LogP contribution in [-0.4, -0.2) is 41.7 Å². The lowest BCUT2D eigenvalue weighted by Gasteiger charge is -2.14. The Balaban J connectivity index is 2.17. The summed E-state index contributed by atoms with van der Waals surface area (Å²) in [6, 6.07) is 2.91. The Morgan fingerprint density at radius 1 is 1.19 bits per heavy atom. The first-order chi connectivity index (χ1) is 9.81. The second-order valence-corrected chi connectivity index (χ2v) is 4.65. The fraction of sp³-hybridized carbons (Fsp3) is 0.231. The van der Waals surface area contributed by atoms with Gasteiger partial charge in [0.15, 0.2) is 0 Å². The lowest BCUT2D eigenvalue weighted by atomic mass is 10.1. The highest BCUT2D eigenvalue weighted by molar-refractivity contribution is 6.21. The molecule has 0 radical (unpaired) electrons. The minimum Gasteiger partial charge on any atom is -0.374 e. The van der Waals surface area contributed by atoms with E-state index in [1.54, 1.807) is 6.07 Å². The summed E-state index contributed by atoms with van der Waals surface area (Å²) in [5.74, 6) is -1.35. The van der Waals surface area contributed by atoms with Crippen molar-refractivity contribution in [3.8, 4) is 0 Å². The number of urea groups is 1. The predicted molar refractivity (Wildman–Crippen MR) is 73.7 cm³/mol. The first-order valence-corrected chi connectivity index (χ1v) is 6.14. The average Bonchev–Trinajstić information content (AvgIpc) is 2.63. The van der Waals surface area contributed by atoms with E-state index in [4.69, 9.17) is 5.73 Å². The van der Waals surface area contributed by atoms with Crippen LogP contribution in [0.3, 0.4) is 0 Å². The van der Waals surface area contributed by atoms with Crippen molar-refractivity contribution in [2.45, 2.75) is 13.0 Å². The van der Waals surface area contributed by atoms with Gasteiger partial charge in [-0.25, -0.2) is 4.79 Å². The van der Waals surface area contributed by atoms with Gasteiger partial charge in [0.1, 0.15) is 6.04 Å². The molecule has 0 spiro atoms. The van der Waals surface area contributed by atoms with Gasteiger partial charge in [0.2, 0.25) is 5.91 Å². The molecule has 110 valence electrons. The van der Waals surface area contributed by atoms with Gasteiger partial charge in [-0.1, -0.05) is 0 Å². The number of carbonyl (C=O) groups excluding carboxylic acids is 4. The zero-order valence-corrected chi connectivity index (χ0v) is 11.5. The molecule has 1 aromatic rings. The van der Waals surface area contributed by atoms with Crippen LogP contribution < -0.4 is 16.4 Å². The Bertz CT molecular complexity index is 656. The van der Waals surface area contributed by atoms with Gasteiger partial charge in [-0.15, -0.1) is 0 Å². The minimum absolute atomic E-state index is 0.273. The molecule has 0 saturated heterocycles. The van der Waals surface area contributed by atoms with Gasteiger partial charge in [0.05, 0.1) is 11.1 Å². The van der Waals surface area contributed by atoms with Crippen LogP contribution in [0.4, 0.5) is 10.5 Å². The van der Waals surface area contributed by atoms with Gasteiger partial charge in [-0.05, 0) is 25.1 Å². The van der Waals surface area contributed by atoms with Crippen molar-refractivity contribution in [2.75, 3.05) is 12.4 Å². The summed E-state index contributed by atoms with van der Waals surface area (Å²) in [6.07, 6.45) is 0. The molecular formula is C13H14N4O4. The molecule has 1 atom stereocenters. The van der Waals surface area contributed by atoms with Crippen LogP contribution in [0.5, 0.6) is 0 Å². The summed E-state index contributed by atoms with van der Waals surface area (Å²) in [4.78, 5) is 46.8. The maximum atomic E-state index is 11.9. The van der Waals surface area contributed by atoms with Gasteiger partial charge in [0, 0.05) is 12.7 Å². The van der Waals surface area contributed by atoms with Gasteiger partial charge in [-0.3, -0.25) is 24.6 Å². The van der Waals surface area contributed by atoms with Crippen molar-refractivity contribution >= 4 is 29.4 Å². The summed E-state index contributed by atoms with van der Waals surface area (Å²) in [5, 5.41) is 4.77. The zero-order chi connectivity index (χ0) is 15.7. The van der Waals surface area contributed by atoms with Crippen LogP contribution in [0.15, 0.2) is 18.2 Å². The number of carbonyl (C=O) groups is 4. The van der Waals surface area contributed by atoms with E-state index < -0.39 is 23.9 Å². The molecule has 0 bridgehead atoms. The molecule has 0 aromatic heterocycles. The second kappa shape index (κ2) is 5.23. The highest BCUT2D eigenvalue weighted by atomic mass is 16.2. The molecule has 1 heterocycles. The monoisotopic (exact) mass is 290 g/mol. The molecule has 1 aliphatic rings. The first-order valence-electron chi connectivity index (χ1n) is 6.14. The third-order valence-corrected chi connectivity index (χ3v) is 3.11. The SMILES string of the molecule is CC(Nc1ccc2c(c1)C(=O)N(C)C2=O)C(=O)NC(N)=O. The van der Waals surface area contributed by atoms with E-state index in [0.29, 0.717) is 11.3 Å². The van der Waals surface area contributed by atoms with E-state index in [1.165, 1.54) is 26.1 Å². The van der Waals surface area contributed by atoms with Crippen LogP contribution in [-0.2, 0) is 4.79 Å². The van der Waals surface area contributed by atoms with Crippen molar-refractivity contribution in [1.29, 1.82) is 0 Å². The number of benzene rings is 1. The lowest BCUT2D eigenvalue weighted by molar-refractivity contribution is -0.120. The maximum Gasteiger partial charge on any atom is 0.318 e. The van der Waals surface area contributed by atoms with Crippen molar-refractivity contribution in [1.82, 2.24) is 10.2 Å². The number of primary amides is 1. The number of imide groups is 2. The molecule has 5 amide bonds. The fourth-order valence-electron chi connectivity index (χ4n) is 2.00. The largest absolute Gasteiger partial charge is 0.374 e. The van der Waals surface area contributed by atoms with Crippen molar-refractivity contribution in [3.63, 3.8) is 0 Å². The molecule has 1 unspecified atom stereocenters. The van der Waals surface area contributed by atoms with E-state index in [1.807, 2.05) is 5.32 Å². The number of fused-ring (bicyclic) bond motifs is 1. The van der Waals surface area contributed by atoms with E-state index in [-0.39, 0.29) is 11.5 Å². The van der Waals surface area contributed by atoms with E-state index in [9.17, 15) is 19.2 Å². The Hall–Kier alpha value is -2.90. The quantitative estimate of drug-likeness (QED) is 0.671. The number of anilines is 1. The number of nitrogens with one attached hydrogen (secondary N) is 2. The highest BCUT2D eigenvalue weighted by Gasteiger charge is 2.32. The van der Waals surface area contributed by atoms with Gasteiger partial charge in [0.25, 0.3) is 11.8 Å². The van der Waals surface area contributed by atoms with Crippen LogP contribution in [0, 0.1) is 0 Å². The molecule has 4 N–H and O–H groups in total. The van der Waals surface area contributed by atoms with Gasteiger partial charge < -0.3 is 11.1 Å². The summed E-state index contributed by atoms with van der Waals surface area (Å²) >= 11 is 0. The molecule has 0 fully saturated rings. The van der Waals surface area contributed by atoms with Crippen molar-refractivity contribution in [3.05, 3.63) is 29.3 Å². The van der Waals surface area contributed by atoms with Crippen molar-refractivity contribution in [2.24, 2.45) is 5.73 Å². The fourth-order valence-corrected chi connectivity index (χ4v) is 2.00. The molecule has 2 rings (SSSR count). The minimum atomic E-state index is -0.940. The number of amides is 5. The zero-order valence-electron chi connectivity index (χ0n) is 11.5. The summed E-state index contributed by atoms with van der Waals surface area (Å²) in [5.41, 5.74) is 5.94. The Labute approximate surface area is 120 Å². The average molecular weight is 290 g/mol. The Kier molecular flexibility index (Phi) is 3.62. The number of rotatable bonds is 3. The topological polar surface area (TPSA) is 122 Å². The van der Waals surface area contributed by atoms with E-state index in [2.05, 4.69) is 5.32 Å². The molecule has 1 aromatic carbocycles. The summed E-state index contributed by atoms with van der Waals surface area (Å²) in [6.45, 7) is 1.53. The molecule has 21 heavy (non-hydrogen) atoms. The maximum absolute atomic E-state index is 11.9. The number of hydrogen-bond donors (Lipinski definition) is 3. The molecule has 0 saturated carbocycles. The Morgan fingerprint density at radius 2 is 1.81 bits per heavy atom. The molecule has 0 aliphatic carbocycles. The van der Waals surface area contributed by atoms with E-state index in [0.717, 1.165) is 4.90 Å². The Morgan fingerprint density at radius 3 is 2.43 bits per heavy atom. The molecule has 8 heteroatoms. The third-order valence-electron chi connectivity index (χ3n) is 3.11. The number of nitrogens with zero attached hydrogens (tertiary/aromatic N) is 1. The summed E-state index contributed by atoms with van der Waals surface area (Å²) < 4.78 is 0. The summed E-state index contributed by atoms with van der Waals surface area (Å²) in [7, 11) is 1.40. The standard InChI is InChI=1S/C13H14N4O4/c1-6(10(18)16-13(14)21)15-7-3-4-8-9(5-7)12(20)17(2)11(8)19/h3-6,15H,1-2H3,(H3,14,16,18,21). The van der Waals surface area contributed by atoms with Crippen molar-refractivity contribution < 1.29 is 19.2 Å². The second-order valence-electron chi connectivity index (χ2n) is 4.65. The van der Waals surface area contributed by atoms with E-state index >= 15 is 0 Å². The predicted octanol–water partition coefficient (Wildman–Crippen LogP) is -0.0923. The molecular weight excluding hydrogens is 276 g/mol.